The Kier molecular flexibility index (Phi) is 3.05. The lowest BCUT2D eigenvalue weighted by molar-refractivity contribution is -0.384. The molecular weight excluding hydrogens is 232 g/mol. The highest BCUT2D eigenvalue weighted by molar-refractivity contribution is 6.00. The fourth-order valence-electron chi connectivity index (χ4n) is 1.79. The quantitative estimate of drug-likeness (QED) is 0.662. The van der Waals surface area contributed by atoms with Crippen LogP contribution in [0.5, 0.6) is 0 Å². The minimum Gasteiger partial charge on any atom is -0.365 e. The van der Waals surface area contributed by atoms with Crippen LogP contribution in [0.25, 0.3) is 11.1 Å². The van der Waals surface area contributed by atoms with Gasteiger partial charge < -0.3 is 5.73 Å². The molecule has 0 aromatic heterocycles. The number of hydrogen-bond donors (Lipinski definition) is 1. The van der Waals surface area contributed by atoms with E-state index in [1.54, 1.807) is 36.4 Å². The van der Waals surface area contributed by atoms with Crippen LogP contribution in [-0.2, 0) is 0 Å². The Morgan fingerprint density at radius 1 is 1.06 bits per heavy atom. The highest BCUT2D eigenvalue weighted by atomic mass is 16.6. The Balaban J connectivity index is 2.72. The molecule has 90 valence electrons. The van der Waals surface area contributed by atoms with Crippen molar-refractivity contribution in [1.29, 1.82) is 0 Å². The Hall–Kier alpha value is -2.69. The van der Waals surface area contributed by atoms with Crippen LogP contribution in [-0.4, -0.2) is 10.8 Å². The highest BCUT2D eigenvalue weighted by Crippen LogP contribution is 2.32. The summed E-state index contributed by atoms with van der Waals surface area (Å²) in [6.45, 7) is 0. The lowest BCUT2D eigenvalue weighted by Gasteiger charge is -2.05. The average molecular weight is 242 g/mol. The summed E-state index contributed by atoms with van der Waals surface area (Å²) in [5, 5.41) is 11.1. The van der Waals surface area contributed by atoms with E-state index in [1.807, 2.05) is 6.07 Å². The second kappa shape index (κ2) is 4.67. The van der Waals surface area contributed by atoms with Gasteiger partial charge in [0.15, 0.2) is 0 Å². The van der Waals surface area contributed by atoms with Gasteiger partial charge >= 0.3 is 0 Å². The standard InChI is InChI=1S/C13H10N2O3/c14-13(16)11-8-4-7-10(12(11)15(17)18)9-5-2-1-3-6-9/h1-8H,(H2,14,16). The molecule has 0 aliphatic rings. The first-order chi connectivity index (χ1) is 8.61. The third kappa shape index (κ3) is 2.06. The van der Waals surface area contributed by atoms with Crippen molar-refractivity contribution in [3.8, 4) is 11.1 Å². The first kappa shape index (κ1) is 11.8. The molecule has 0 atom stereocenters. The van der Waals surface area contributed by atoms with E-state index in [4.69, 9.17) is 5.73 Å². The predicted molar refractivity (Wildman–Crippen MR) is 67.1 cm³/mol. The Labute approximate surface area is 103 Å². The van der Waals surface area contributed by atoms with Gasteiger partial charge in [0.1, 0.15) is 5.56 Å². The molecule has 0 spiro atoms. The van der Waals surface area contributed by atoms with Gasteiger partial charge in [-0.05, 0) is 17.7 Å². The molecule has 0 aliphatic heterocycles. The van der Waals surface area contributed by atoms with Crippen LogP contribution in [0, 0.1) is 10.1 Å². The first-order valence-corrected chi connectivity index (χ1v) is 5.24. The zero-order valence-corrected chi connectivity index (χ0v) is 9.37. The highest BCUT2D eigenvalue weighted by Gasteiger charge is 2.23. The van der Waals surface area contributed by atoms with E-state index in [-0.39, 0.29) is 11.3 Å². The zero-order valence-electron chi connectivity index (χ0n) is 9.37. The maximum atomic E-state index is 11.2. The van der Waals surface area contributed by atoms with Crippen molar-refractivity contribution in [3.05, 3.63) is 64.2 Å². The number of carbonyl (C=O) groups is 1. The number of para-hydroxylation sites is 1. The maximum absolute atomic E-state index is 11.2. The minimum absolute atomic E-state index is 0.0821. The van der Waals surface area contributed by atoms with Gasteiger partial charge in [0, 0.05) is 0 Å². The molecule has 0 aliphatic carbocycles. The molecule has 0 radical (unpaired) electrons. The summed E-state index contributed by atoms with van der Waals surface area (Å²) in [4.78, 5) is 21.8. The van der Waals surface area contributed by atoms with E-state index in [2.05, 4.69) is 0 Å². The van der Waals surface area contributed by atoms with E-state index in [0.29, 0.717) is 11.1 Å². The van der Waals surface area contributed by atoms with Gasteiger partial charge in [-0.1, -0.05) is 36.4 Å². The molecule has 0 saturated carbocycles. The molecule has 0 bridgehead atoms. The molecule has 0 fully saturated rings. The fourth-order valence-corrected chi connectivity index (χ4v) is 1.79. The van der Waals surface area contributed by atoms with Crippen molar-refractivity contribution in [1.82, 2.24) is 0 Å². The minimum atomic E-state index is -0.806. The number of nitro groups is 1. The normalized spacial score (nSPS) is 10.0. The SMILES string of the molecule is NC(=O)c1cccc(-c2ccccc2)c1[N+](=O)[O-]. The van der Waals surface area contributed by atoms with Gasteiger partial charge in [0.25, 0.3) is 11.6 Å². The molecule has 5 heteroatoms. The van der Waals surface area contributed by atoms with E-state index in [0.717, 1.165) is 0 Å². The summed E-state index contributed by atoms with van der Waals surface area (Å²) in [5.41, 5.74) is 5.88. The van der Waals surface area contributed by atoms with Crippen molar-refractivity contribution in [3.63, 3.8) is 0 Å². The van der Waals surface area contributed by atoms with Crippen molar-refractivity contribution < 1.29 is 9.72 Å². The van der Waals surface area contributed by atoms with Gasteiger partial charge in [-0.3, -0.25) is 14.9 Å². The van der Waals surface area contributed by atoms with Crippen LogP contribution in [0.4, 0.5) is 5.69 Å². The molecule has 2 rings (SSSR count). The van der Waals surface area contributed by atoms with Crippen LogP contribution in [0.2, 0.25) is 0 Å². The molecule has 0 unspecified atom stereocenters. The van der Waals surface area contributed by atoms with Crippen molar-refractivity contribution in [2.24, 2.45) is 5.73 Å². The first-order valence-electron chi connectivity index (χ1n) is 5.24. The number of benzene rings is 2. The molecule has 18 heavy (non-hydrogen) atoms. The zero-order chi connectivity index (χ0) is 13.1. The Bertz CT molecular complexity index is 609. The fraction of sp³-hybridized carbons (Fsp3) is 0. The maximum Gasteiger partial charge on any atom is 0.289 e. The van der Waals surface area contributed by atoms with Crippen LogP contribution in [0.15, 0.2) is 48.5 Å². The molecule has 1 amide bonds. The van der Waals surface area contributed by atoms with E-state index < -0.39 is 10.8 Å². The second-order valence-corrected chi connectivity index (χ2v) is 3.69. The number of nitrogens with zero attached hydrogens (tertiary/aromatic N) is 1. The molecule has 2 aromatic carbocycles. The molecule has 0 heterocycles. The van der Waals surface area contributed by atoms with E-state index in [1.165, 1.54) is 6.07 Å². The molecule has 5 nitrogen and oxygen atoms in total. The van der Waals surface area contributed by atoms with E-state index >= 15 is 0 Å². The summed E-state index contributed by atoms with van der Waals surface area (Å²) < 4.78 is 0. The molecule has 2 aromatic rings. The summed E-state index contributed by atoms with van der Waals surface area (Å²) in [7, 11) is 0. The van der Waals surface area contributed by atoms with Crippen LogP contribution >= 0.6 is 0 Å². The van der Waals surface area contributed by atoms with Crippen LogP contribution in [0.1, 0.15) is 10.4 Å². The largest absolute Gasteiger partial charge is 0.365 e. The van der Waals surface area contributed by atoms with Crippen molar-refractivity contribution in [2.45, 2.75) is 0 Å². The number of amides is 1. The predicted octanol–water partition coefficient (Wildman–Crippen LogP) is 2.36. The lowest BCUT2D eigenvalue weighted by atomic mass is 10.00. The summed E-state index contributed by atoms with van der Waals surface area (Å²) in [5.74, 6) is -0.806. The van der Waals surface area contributed by atoms with Gasteiger partial charge in [-0.25, -0.2) is 0 Å². The summed E-state index contributed by atoms with van der Waals surface area (Å²) in [6.07, 6.45) is 0. The molecular formula is C13H10N2O3. The number of primary amides is 1. The summed E-state index contributed by atoms with van der Waals surface area (Å²) in [6, 6.07) is 13.4. The van der Waals surface area contributed by atoms with Gasteiger partial charge in [0.2, 0.25) is 0 Å². The van der Waals surface area contributed by atoms with Gasteiger partial charge in [-0.2, -0.15) is 0 Å². The topological polar surface area (TPSA) is 86.2 Å². The summed E-state index contributed by atoms with van der Waals surface area (Å²) >= 11 is 0. The van der Waals surface area contributed by atoms with Gasteiger partial charge in [-0.15, -0.1) is 0 Å². The molecule has 2 N–H and O–H groups in total. The second-order valence-electron chi connectivity index (χ2n) is 3.69. The number of hydrogen-bond acceptors (Lipinski definition) is 3. The Morgan fingerprint density at radius 2 is 1.72 bits per heavy atom. The molecule has 0 saturated heterocycles. The number of nitrogens with two attached hydrogens (primary N) is 1. The monoisotopic (exact) mass is 242 g/mol. The number of rotatable bonds is 3. The Morgan fingerprint density at radius 3 is 2.28 bits per heavy atom. The van der Waals surface area contributed by atoms with Gasteiger partial charge in [0.05, 0.1) is 10.5 Å². The third-order valence-corrected chi connectivity index (χ3v) is 2.57. The number of nitro benzene ring substituents is 1. The average Bonchev–Trinajstić information content (AvgIpc) is 2.38. The third-order valence-electron chi connectivity index (χ3n) is 2.57. The van der Waals surface area contributed by atoms with Crippen molar-refractivity contribution >= 4 is 11.6 Å². The number of carbonyl (C=O) groups excluding carboxylic acids is 1. The van der Waals surface area contributed by atoms with E-state index in [9.17, 15) is 14.9 Å². The smallest absolute Gasteiger partial charge is 0.289 e. The lowest BCUT2D eigenvalue weighted by Crippen LogP contribution is -2.13. The van der Waals surface area contributed by atoms with Crippen LogP contribution in [0.3, 0.4) is 0 Å². The van der Waals surface area contributed by atoms with Crippen molar-refractivity contribution in [2.75, 3.05) is 0 Å². The van der Waals surface area contributed by atoms with Crippen LogP contribution < -0.4 is 5.73 Å².